The second-order valence-electron chi connectivity index (χ2n) is 4.49. The Hall–Kier alpha value is -1.67. The van der Waals surface area contributed by atoms with Gasteiger partial charge in [0.1, 0.15) is 11.8 Å². The molecule has 1 aliphatic rings. The third-order valence-electron chi connectivity index (χ3n) is 3.31. The Kier molecular flexibility index (Phi) is 4.11. The SMILES string of the molecule is CNC1CCC(Oc2cnc(C#N)c(F)c2)CC1. The van der Waals surface area contributed by atoms with Crippen LogP contribution in [0.3, 0.4) is 0 Å². The van der Waals surface area contributed by atoms with Crippen LogP contribution in [0, 0.1) is 17.1 Å². The summed E-state index contributed by atoms with van der Waals surface area (Å²) in [5.41, 5.74) is -0.193. The molecule has 1 fully saturated rings. The Morgan fingerprint density at radius 2 is 2.17 bits per heavy atom. The number of hydrogen-bond acceptors (Lipinski definition) is 4. The lowest BCUT2D eigenvalue weighted by molar-refractivity contribution is 0.140. The molecule has 1 saturated carbocycles. The van der Waals surface area contributed by atoms with Gasteiger partial charge in [0, 0.05) is 12.1 Å². The molecule has 0 amide bonds. The molecule has 1 aromatic rings. The van der Waals surface area contributed by atoms with E-state index in [1.54, 1.807) is 6.07 Å². The Balaban J connectivity index is 1.94. The number of pyridine rings is 1. The number of nitriles is 1. The molecule has 0 radical (unpaired) electrons. The number of ether oxygens (including phenoxy) is 1. The topological polar surface area (TPSA) is 57.9 Å². The van der Waals surface area contributed by atoms with Gasteiger partial charge in [0.15, 0.2) is 11.5 Å². The van der Waals surface area contributed by atoms with E-state index >= 15 is 0 Å². The first-order valence-corrected chi connectivity index (χ1v) is 6.12. The lowest BCUT2D eigenvalue weighted by Gasteiger charge is -2.28. The van der Waals surface area contributed by atoms with Gasteiger partial charge in [0.05, 0.1) is 12.3 Å². The number of halogens is 1. The first-order chi connectivity index (χ1) is 8.72. The summed E-state index contributed by atoms with van der Waals surface area (Å²) in [4.78, 5) is 3.72. The van der Waals surface area contributed by atoms with Gasteiger partial charge in [-0.05, 0) is 32.7 Å². The molecule has 1 aliphatic carbocycles. The van der Waals surface area contributed by atoms with E-state index in [1.165, 1.54) is 12.3 Å². The lowest BCUT2D eigenvalue weighted by Crippen LogP contribution is -2.34. The predicted molar refractivity (Wildman–Crippen MR) is 64.6 cm³/mol. The number of hydrogen-bond donors (Lipinski definition) is 1. The van der Waals surface area contributed by atoms with Gasteiger partial charge >= 0.3 is 0 Å². The third-order valence-corrected chi connectivity index (χ3v) is 3.31. The van der Waals surface area contributed by atoms with Crippen molar-refractivity contribution >= 4 is 0 Å². The molecule has 1 N–H and O–H groups in total. The summed E-state index contributed by atoms with van der Waals surface area (Å²) in [7, 11) is 1.96. The predicted octanol–water partition coefficient (Wildman–Crippen LogP) is 2.00. The number of aromatic nitrogens is 1. The summed E-state index contributed by atoms with van der Waals surface area (Å²) in [6, 6.07) is 3.48. The van der Waals surface area contributed by atoms with Gasteiger partial charge in [-0.1, -0.05) is 0 Å². The largest absolute Gasteiger partial charge is 0.489 e. The van der Waals surface area contributed by atoms with E-state index in [9.17, 15) is 4.39 Å². The summed E-state index contributed by atoms with van der Waals surface area (Å²) in [5, 5.41) is 11.8. The minimum Gasteiger partial charge on any atom is -0.489 e. The van der Waals surface area contributed by atoms with Gasteiger partial charge in [0.2, 0.25) is 0 Å². The molecule has 4 nitrogen and oxygen atoms in total. The first-order valence-electron chi connectivity index (χ1n) is 6.12. The van der Waals surface area contributed by atoms with Crippen LogP contribution < -0.4 is 10.1 Å². The van der Waals surface area contributed by atoms with E-state index in [1.807, 2.05) is 7.05 Å². The van der Waals surface area contributed by atoms with Gasteiger partial charge in [-0.25, -0.2) is 9.37 Å². The van der Waals surface area contributed by atoms with Crippen molar-refractivity contribution in [3.05, 3.63) is 23.8 Å². The standard InChI is InChI=1S/C13H16FN3O/c1-16-9-2-4-10(5-3-9)18-11-6-12(14)13(7-15)17-8-11/h6,8-10,16H,2-5H2,1H3. The smallest absolute Gasteiger partial charge is 0.176 e. The molecule has 0 unspecified atom stereocenters. The van der Waals surface area contributed by atoms with Crippen molar-refractivity contribution in [3.63, 3.8) is 0 Å². The van der Waals surface area contributed by atoms with Gasteiger partial charge in [-0.15, -0.1) is 0 Å². The Bertz CT molecular complexity index is 450. The van der Waals surface area contributed by atoms with Crippen molar-refractivity contribution < 1.29 is 9.13 Å². The molecule has 0 saturated heterocycles. The maximum atomic E-state index is 13.3. The van der Waals surface area contributed by atoms with Crippen LogP contribution in [-0.4, -0.2) is 24.2 Å². The maximum Gasteiger partial charge on any atom is 0.176 e. The van der Waals surface area contributed by atoms with Gasteiger partial charge < -0.3 is 10.1 Å². The van der Waals surface area contributed by atoms with E-state index < -0.39 is 5.82 Å². The Morgan fingerprint density at radius 3 is 2.72 bits per heavy atom. The number of nitrogens with zero attached hydrogens (tertiary/aromatic N) is 2. The quantitative estimate of drug-likeness (QED) is 0.890. The highest BCUT2D eigenvalue weighted by Crippen LogP contribution is 2.24. The van der Waals surface area contributed by atoms with Crippen LogP contribution in [-0.2, 0) is 0 Å². The van der Waals surface area contributed by atoms with Crippen molar-refractivity contribution in [1.29, 1.82) is 5.26 Å². The van der Waals surface area contributed by atoms with Crippen LogP contribution >= 0.6 is 0 Å². The molecule has 0 aliphatic heterocycles. The Labute approximate surface area is 106 Å². The summed E-state index contributed by atoms with van der Waals surface area (Å²) < 4.78 is 19.0. The molecule has 96 valence electrons. The fraction of sp³-hybridized carbons (Fsp3) is 0.538. The molecule has 18 heavy (non-hydrogen) atoms. The van der Waals surface area contributed by atoms with E-state index in [0.717, 1.165) is 25.7 Å². The fourth-order valence-corrected chi connectivity index (χ4v) is 2.23. The molecule has 1 heterocycles. The summed E-state index contributed by atoms with van der Waals surface area (Å²) in [5.74, 6) is -0.224. The molecule has 1 aromatic heterocycles. The second kappa shape index (κ2) is 5.78. The molecular formula is C13H16FN3O. The molecule has 2 rings (SSSR count). The van der Waals surface area contributed by atoms with Gasteiger partial charge in [-0.3, -0.25) is 0 Å². The summed E-state index contributed by atoms with van der Waals surface area (Å²) in [6.07, 6.45) is 5.55. The highest BCUT2D eigenvalue weighted by Gasteiger charge is 2.21. The van der Waals surface area contributed by atoms with Crippen LogP contribution in [0.2, 0.25) is 0 Å². The molecule has 0 aromatic carbocycles. The van der Waals surface area contributed by atoms with Crippen molar-refractivity contribution in [2.75, 3.05) is 7.05 Å². The van der Waals surface area contributed by atoms with Crippen molar-refractivity contribution in [2.45, 2.75) is 37.8 Å². The second-order valence-corrected chi connectivity index (χ2v) is 4.49. The van der Waals surface area contributed by atoms with Crippen LogP contribution in [0.1, 0.15) is 31.4 Å². The number of rotatable bonds is 3. The van der Waals surface area contributed by atoms with Crippen molar-refractivity contribution in [1.82, 2.24) is 10.3 Å². The average molecular weight is 249 g/mol. The highest BCUT2D eigenvalue weighted by atomic mass is 19.1. The minimum absolute atomic E-state index is 0.115. The zero-order valence-corrected chi connectivity index (χ0v) is 10.3. The van der Waals surface area contributed by atoms with Crippen molar-refractivity contribution in [2.24, 2.45) is 0 Å². The monoisotopic (exact) mass is 249 g/mol. The first kappa shape index (κ1) is 12.8. The van der Waals surface area contributed by atoms with Crippen LogP contribution in [0.15, 0.2) is 12.3 Å². The minimum atomic E-state index is -0.626. The van der Waals surface area contributed by atoms with Gasteiger partial charge in [-0.2, -0.15) is 5.26 Å². The molecule has 0 spiro atoms. The zero-order valence-electron chi connectivity index (χ0n) is 10.3. The van der Waals surface area contributed by atoms with Crippen molar-refractivity contribution in [3.8, 4) is 11.8 Å². The Morgan fingerprint density at radius 1 is 1.44 bits per heavy atom. The fourth-order valence-electron chi connectivity index (χ4n) is 2.23. The van der Waals surface area contributed by atoms with E-state index in [2.05, 4.69) is 10.3 Å². The molecular weight excluding hydrogens is 233 g/mol. The molecule has 0 atom stereocenters. The van der Waals surface area contributed by atoms with Crippen LogP contribution in [0.5, 0.6) is 5.75 Å². The normalized spacial score (nSPS) is 23.4. The molecule has 0 bridgehead atoms. The summed E-state index contributed by atoms with van der Waals surface area (Å²) in [6.45, 7) is 0. The van der Waals surface area contributed by atoms with E-state index in [-0.39, 0.29) is 11.8 Å². The van der Waals surface area contributed by atoms with Crippen LogP contribution in [0.4, 0.5) is 4.39 Å². The highest BCUT2D eigenvalue weighted by molar-refractivity contribution is 5.28. The summed E-state index contributed by atoms with van der Waals surface area (Å²) >= 11 is 0. The van der Waals surface area contributed by atoms with Gasteiger partial charge in [0.25, 0.3) is 0 Å². The zero-order chi connectivity index (χ0) is 13.0. The molecule has 5 heteroatoms. The lowest BCUT2D eigenvalue weighted by atomic mass is 9.93. The number of nitrogens with one attached hydrogen (secondary N) is 1. The van der Waals surface area contributed by atoms with E-state index in [4.69, 9.17) is 10.00 Å². The van der Waals surface area contributed by atoms with E-state index in [0.29, 0.717) is 11.8 Å². The van der Waals surface area contributed by atoms with Crippen LogP contribution in [0.25, 0.3) is 0 Å². The third kappa shape index (κ3) is 2.96. The maximum absolute atomic E-state index is 13.3. The average Bonchev–Trinajstić information content (AvgIpc) is 2.40.